The lowest BCUT2D eigenvalue weighted by atomic mass is 9.93. The van der Waals surface area contributed by atoms with Gasteiger partial charge in [0.1, 0.15) is 0 Å². The first-order valence-electron chi connectivity index (χ1n) is 6.05. The van der Waals surface area contributed by atoms with Crippen LogP contribution in [0.2, 0.25) is 0 Å². The van der Waals surface area contributed by atoms with E-state index >= 15 is 0 Å². The lowest BCUT2D eigenvalue weighted by Crippen LogP contribution is -2.59. The molecule has 1 saturated heterocycles. The molecule has 1 aliphatic rings. The molecule has 0 bridgehead atoms. The zero-order valence-corrected chi connectivity index (χ0v) is 11.3. The predicted molar refractivity (Wildman–Crippen MR) is 65.1 cm³/mol. The van der Waals surface area contributed by atoms with Gasteiger partial charge in [-0.25, -0.2) is 0 Å². The average Bonchev–Trinajstić information content (AvgIpc) is 1.88. The normalized spacial score (nSPS) is 20.4. The van der Waals surface area contributed by atoms with Gasteiger partial charge < -0.3 is 4.74 Å². The molecular formula is C13H27NO. The summed E-state index contributed by atoms with van der Waals surface area (Å²) in [6.07, 6.45) is 1.63. The Balaban J connectivity index is 2.09. The Kier molecular flexibility index (Phi) is 3.83. The van der Waals surface area contributed by atoms with Gasteiger partial charge in [0.05, 0.1) is 6.10 Å². The molecule has 2 nitrogen and oxygen atoms in total. The molecule has 0 amide bonds. The minimum atomic E-state index is 0.309. The van der Waals surface area contributed by atoms with Crippen molar-refractivity contribution < 1.29 is 4.74 Å². The summed E-state index contributed by atoms with van der Waals surface area (Å²) in [5.74, 6) is 0. The molecule has 15 heavy (non-hydrogen) atoms. The van der Waals surface area contributed by atoms with Gasteiger partial charge in [-0.3, -0.25) is 4.90 Å². The number of rotatable bonds is 3. The highest BCUT2D eigenvalue weighted by atomic mass is 16.5. The molecule has 0 radical (unpaired) electrons. The van der Waals surface area contributed by atoms with Crippen LogP contribution in [-0.4, -0.2) is 36.2 Å². The maximum absolute atomic E-state index is 5.84. The second kappa shape index (κ2) is 4.42. The third-order valence-electron chi connectivity index (χ3n) is 3.00. The van der Waals surface area contributed by atoms with Crippen LogP contribution in [0.25, 0.3) is 0 Å². The summed E-state index contributed by atoms with van der Waals surface area (Å²) in [5, 5.41) is 0. The molecule has 1 rings (SSSR count). The molecule has 0 aromatic rings. The lowest BCUT2D eigenvalue weighted by Gasteiger charge is -2.47. The lowest BCUT2D eigenvalue weighted by molar-refractivity contribution is -0.0926. The summed E-state index contributed by atoms with van der Waals surface area (Å²) in [5.41, 5.74) is 0.706. The van der Waals surface area contributed by atoms with Gasteiger partial charge in [0.2, 0.25) is 0 Å². The van der Waals surface area contributed by atoms with Gasteiger partial charge >= 0.3 is 0 Å². The van der Waals surface area contributed by atoms with Crippen molar-refractivity contribution in [3.8, 4) is 0 Å². The minimum Gasteiger partial charge on any atom is -0.376 e. The van der Waals surface area contributed by atoms with Crippen molar-refractivity contribution in [2.45, 2.75) is 59.6 Å². The molecule has 0 aromatic carbocycles. The van der Waals surface area contributed by atoms with Crippen LogP contribution in [0, 0.1) is 5.41 Å². The first kappa shape index (κ1) is 13.0. The first-order chi connectivity index (χ1) is 6.68. The molecule has 1 fully saturated rings. The summed E-state index contributed by atoms with van der Waals surface area (Å²) in [4.78, 5) is 2.47. The van der Waals surface area contributed by atoms with E-state index in [4.69, 9.17) is 4.74 Å². The summed E-state index contributed by atoms with van der Waals surface area (Å²) >= 11 is 0. The quantitative estimate of drug-likeness (QED) is 0.714. The van der Waals surface area contributed by atoms with E-state index < -0.39 is 0 Å². The van der Waals surface area contributed by atoms with Crippen LogP contribution in [0.3, 0.4) is 0 Å². The summed E-state index contributed by atoms with van der Waals surface area (Å²) in [6, 6.07) is 0. The fourth-order valence-electron chi connectivity index (χ4n) is 1.62. The van der Waals surface area contributed by atoms with Gasteiger partial charge in [0.15, 0.2) is 0 Å². The molecule has 0 unspecified atom stereocenters. The van der Waals surface area contributed by atoms with Crippen molar-refractivity contribution in [2.24, 2.45) is 5.41 Å². The van der Waals surface area contributed by atoms with E-state index in [9.17, 15) is 0 Å². The Morgan fingerprint density at radius 2 is 1.60 bits per heavy atom. The standard InChI is InChI=1S/C13H27NO/c1-12(2,3)7-8-15-11-9-14(10-11)13(4,5)6/h11H,7-10H2,1-6H3. The summed E-state index contributed by atoms with van der Waals surface area (Å²) in [6.45, 7) is 16.7. The Labute approximate surface area is 95.0 Å². The summed E-state index contributed by atoms with van der Waals surface area (Å²) in [7, 11) is 0. The van der Waals surface area contributed by atoms with Crippen molar-refractivity contribution in [3.05, 3.63) is 0 Å². The molecule has 1 aliphatic heterocycles. The zero-order chi connectivity index (χ0) is 11.7. The number of nitrogens with zero attached hydrogens (tertiary/aromatic N) is 1. The van der Waals surface area contributed by atoms with Crippen LogP contribution < -0.4 is 0 Å². The Morgan fingerprint density at radius 3 is 2.00 bits per heavy atom. The number of likely N-dealkylation sites (tertiary alicyclic amines) is 1. The third kappa shape index (κ3) is 4.52. The Bertz CT molecular complexity index is 194. The average molecular weight is 213 g/mol. The molecule has 0 spiro atoms. The van der Waals surface area contributed by atoms with E-state index in [-0.39, 0.29) is 0 Å². The van der Waals surface area contributed by atoms with E-state index in [2.05, 4.69) is 46.4 Å². The highest BCUT2D eigenvalue weighted by molar-refractivity contribution is 4.89. The number of hydrogen-bond acceptors (Lipinski definition) is 2. The van der Waals surface area contributed by atoms with Gasteiger partial charge in [-0.2, -0.15) is 0 Å². The van der Waals surface area contributed by atoms with Crippen molar-refractivity contribution >= 4 is 0 Å². The predicted octanol–water partition coefficient (Wildman–Crippen LogP) is 2.92. The second-order valence-electron chi connectivity index (χ2n) is 6.88. The van der Waals surface area contributed by atoms with Crippen LogP contribution >= 0.6 is 0 Å². The van der Waals surface area contributed by atoms with Gasteiger partial charge in [0, 0.05) is 25.2 Å². The first-order valence-corrected chi connectivity index (χ1v) is 6.05. The van der Waals surface area contributed by atoms with Gasteiger partial charge in [-0.05, 0) is 32.6 Å². The monoisotopic (exact) mass is 213 g/mol. The highest BCUT2D eigenvalue weighted by Crippen LogP contribution is 2.24. The van der Waals surface area contributed by atoms with E-state index in [0.29, 0.717) is 17.1 Å². The van der Waals surface area contributed by atoms with Crippen molar-refractivity contribution in [1.29, 1.82) is 0 Å². The zero-order valence-electron chi connectivity index (χ0n) is 11.3. The van der Waals surface area contributed by atoms with E-state index in [1.165, 1.54) is 0 Å². The molecule has 0 atom stereocenters. The molecule has 0 aromatic heterocycles. The second-order valence-corrected chi connectivity index (χ2v) is 6.88. The largest absolute Gasteiger partial charge is 0.376 e. The van der Waals surface area contributed by atoms with Crippen LogP contribution in [0.1, 0.15) is 48.0 Å². The van der Waals surface area contributed by atoms with E-state index in [1.807, 2.05) is 0 Å². The van der Waals surface area contributed by atoms with E-state index in [1.54, 1.807) is 0 Å². The Morgan fingerprint density at radius 1 is 1.07 bits per heavy atom. The van der Waals surface area contributed by atoms with Crippen molar-refractivity contribution in [1.82, 2.24) is 4.90 Å². The van der Waals surface area contributed by atoms with Gasteiger partial charge in [0.25, 0.3) is 0 Å². The number of ether oxygens (including phenoxy) is 1. The fourth-order valence-corrected chi connectivity index (χ4v) is 1.62. The SMILES string of the molecule is CC(C)(C)CCOC1CN(C(C)(C)C)C1. The summed E-state index contributed by atoms with van der Waals surface area (Å²) < 4.78 is 5.84. The van der Waals surface area contributed by atoms with Crippen molar-refractivity contribution in [2.75, 3.05) is 19.7 Å². The maximum atomic E-state index is 5.84. The van der Waals surface area contributed by atoms with Crippen LogP contribution in [0.15, 0.2) is 0 Å². The molecule has 0 aliphatic carbocycles. The molecule has 0 saturated carbocycles. The van der Waals surface area contributed by atoms with Crippen molar-refractivity contribution in [3.63, 3.8) is 0 Å². The topological polar surface area (TPSA) is 12.5 Å². The molecule has 2 heteroatoms. The fraction of sp³-hybridized carbons (Fsp3) is 1.00. The number of hydrogen-bond donors (Lipinski definition) is 0. The Hall–Kier alpha value is -0.0800. The van der Waals surface area contributed by atoms with Crippen LogP contribution in [0.5, 0.6) is 0 Å². The third-order valence-corrected chi connectivity index (χ3v) is 3.00. The maximum Gasteiger partial charge on any atom is 0.0829 e. The molecule has 90 valence electrons. The molecular weight excluding hydrogens is 186 g/mol. The van der Waals surface area contributed by atoms with Crippen LogP contribution in [0.4, 0.5) is 0 Å². The highest BCUT2D eigenvalue weighted by Gasteiger charge is 2.34. The van der Waals surface area contributed by atoms with Gasteiger partial charge in [-0.1, -0.05) is 20.8 Å². The molecule has 1 heterocycles. The smallest absolute Gasteiger partial charge is 0.0829 e. The minimum absolute atomic E-state index is 0.309. The van der Waals surface area contributed by atoms with Gasteiger partial charge in [-0.15, -0.1) is 0 Å². The van der Waals surface area contributed by atoms with E-state index in [0.717, 1.165) is 26.1 Å². The van der Waals surface area contributed by atoms with Crippen LogP contribution in [-0.2, 0) is 4.74 Å². The molecule has 0 N–H and O–H groups in total.